The molecule has 4 rings (SSSR count). The van der Waals surface area contributed by atoms with Crippen LogP contribution < -0.4 is 5.32 Å². The normalized spacial score (nSPS) is 24.7. The van der Waals surface area contributed by atoms with Gasteiger partial charge in [0.2, 0.25) is 0 Å². The average molecular weight is 337 g/mol. The van der Waals surface area contributed by atoms with Gasteiger partial charge in [0.15, 0.2) is 0 Å². The minimum atomic E-state index is 0. The Morgan fingerprint density at radius 1 is 1.27 bits per heavy atom. The first-order valence-electron chi connectivity index (χ1n) is 7.61. The molecule has 2 aliphatic heterocycles. The summed E-state index contributed by atoms with van der Waals surface area (Å²) in [7, 11) is 0. The molecule has 22 heavy (non-hydrogen) atoms. The molecular weight excluding hydrogens is 316 g/mol. The minimum Gasteiger partial charge on any atom is -0.316 e. The van der Waals surface area contributed by atoms with Crippen molar-refractivity contribution in [1.82, 2.24) is 20.2 Å². The SMILES string of the molecule is Cl.c1cc(-c2ncc(CN3CCC4(CCNC4)C3)s2)ccn1. The maximum atomic E-state index is 4.57. The Bertz CT molecular complexity index is 610. The fourth-order valence-electron chi connectivity index (χ4n) is 3.54. The maximum absolute atomic E-state index is 4.57. The summed E-state index contributed by atoms with van der Waals surface area (Å²) in [5.74, 6) is 0. The molecule has 0 saturated carbocycles. The van der Waals surface area contributed by atoms with Crippen LogP contribution in [0.2, 0.25) is 0 Å². The Morgan fingerprint density at radius 2 is 2.14 bits per heavy atom. The monoisotopic (exact) mass is 336 g/mol. The quantitative estimate of drug-likeness (QED) is 0.935. The van der Waals surface area contributed by atoms with E-state index in [1.54, 1.807) is 0 Å². The molecule has 4 nitrogen and oxygen atoms in total. The Hall–Kier alpha value is -1.01. The van der Waals surface area contributed by atoms with Gasteiger partial charge in [0.25, 0.3) is 0 Å². The fourth-order valence-corrected chi connectivity index (χ4v) is 4.50. The van der Waals surface area contributed by atoms with Gasteiger partial charge in [0.1, 0.15) is 5.01 Å². The molecule has 6 heteroatoms. The van der Waals surface area contributed by atoms with E-state index in [-0.39, 0.29) is 12.4 Å². The number of hydrogen-bond acceptors (Lipinski definition) is 5. The Morgan fingerprint density at radius 3 is 2.91 bits per heavy atom. The fraction of sp³-hybridized carbons (Fsp3) is 0.500. The number of hydrogen-bond donors (Lipinski definition) is 1. The number of aromatic nitrogens is 2. The highest BCUT2D eigenvalue weighted by Crippen LogP contribution is 2.37. The van der Waals surface area contributed by atoms with Crippen molar-refractivity contribution in [3.63, 3.8) is 0 Å². The number of halogens is 1. The number of likely N-dealkylation sites (tertiary alicyclic amines) is 1. The Balaban J connectivity index is 0.00000144. The van der Waals surface area contributed by atoms with E-state index >= 15 is 0 Å². The third-order valence-electron chi connectivity index (χ3n) is 4.71. The predicted octanol–water partition coefficient (Wildman–Crippen LogP) is 2.81. The number of rotatable bonds is 3. The van der Waals surface area contributed by atoms with Gasteiger partial charge in [0, 0.05) is 48.7 Å². The van der Waals surface area contributed by atoms with Gasteiger partial charge in [0.05, 0.1) is 0 Å². The van der Waals surface area contributed by atoms with Crippen molar-refractivity contribution in [2.24, 2.45) is 5.41 Å². The highest BCUT2D eigenvalue weighted by Gasteiger charge is 2.40. The predicted molar refractivity (Wildman–Crippen MR) is 92.4 cm³/mol. The van der Waals surface area contributed by atoms with Crippen molar-refractivity contribution >= 4 is 23.7 Å². The Kier molecular flexibility index (Phi) is 4.78. The third kappa shape index (κ3) is 3.18. The molecule has 2 aromatic heterocycles. The van der Waals surface area contributed by atoms with Gasteiger partial charge in [-0.05, 0) is 43.5 Å². The minimum absolute atomic E-state index is 0. The summed E-state index contributed by atoms with van der Waals surface area (Å²) in [6.45, 7) is 5.91. The first-order chi connectivity index (χ1) is 10.3. The van der Waals surface area contributed by atoms with Crippen LogP contribution in [0.15, 0.2) is 30.7 Å². The standard InChI is InChI=1S/C16H20N4S.ClH/c1-5-17-6-2-13(1)15-19-9-14(21-15)10-20-8-4-16(12-20)3-7-18-11-16;/h1-2,5-6,9,18H,3-4,7-8,10-12H2;1H. The maximum Gasteiger partial charge on any atom is 0.123 e. The lowest BCUT2D eigenvalue weighted by Crippen LogP contribution is -2.28. The van der Waals surface area contributed by atoms with Gasteiger partial charge >= 0.3 is 0 Å². The second-order valence-corrected chi connectivity index (χ2v) is 7.37. The van der Waals surface area contributed by atoms with Gasteiger partial charge in [-0.2, -0.15) is 0 Å². The van der Waals surface area contributed by atoms with E-state index in [1.165, 1.54) is 49.5 Å². The van der Waals surface area contributed by atoms with E-state index in [0.717, 1.165) is 11.6 Å². The summed E-state index contributed by atoms with van der Waals surface area (Å²) in [4.78, 5) is 12.6. The zero-order valence-electron chi connectivity index (χ0n) is 12.5. The molecule has 0 aliphatic carbocycles. The third-order valence-corrected chi connectivity index (χ3v) is 5.74. The average Bonchev–Trinajstić information content (AvgIpc) is 3.24. The summed E-state index contributed by atoms with van der Waals surface area (Å²) >= 11 is 1.81. The van der Waals surface area contributed by atoms with Gasteiger partial charge in [-0.1, -0.05) is 0 Å². The van der Waals surface area contributed by atoms with Crippen molar-refractivity contribution in [1.29, 1.82) is 0 Å². The molecule has 1 unspecified atom stereocenters. The molecule has 0 amide bonds. The first kappa shape index (κ1) is 15.9. The van der Waals surface area contributed by atoms with E-state index < -0.39 is 0 Å². The summed E-state index contributed by atoms with van der Waals surface area (Å²) in [6.07, 6.45) is 8.38. The zero-order chi connectivity index (χ0) is 14.1. The molecular formula is C16H21ClN4S. The van der Waals surface area contributed by atoms with E-state index in [4.69, 9.17) is 0 Å². The van der Waals surface area contributed by atoms with Crippen molar-refractivity contribution in [2.75, 3.05) is 26.2 Å². The number of thiazole rings is 1. The lowest BCUT2D eigenvalue weighted by Gasteiger charge is -2.22. The summed E-state index contributed by atoms with van der Waals surface area (Å²) in [5.41, 5.74) is 1.72. The first-order valence-corrected chi connectivity index (χ1v) is 8.43. The molecule has 2 fully saturated rings. The van der Waals surface area contributed by atoms with Crippen LogP contribution in [0.25, 0.3) is 10.6 Å². The summed E-state index contributed by atoms with van der Waals surface area (Å²) in [6, 6.07) is 4.05. The second-order valence-electron chi connectivity index (χ2n) is 6.26. The molecule has 4 heterocycles. The molecule has 1 spiro atoms. The van der Waals surface area contributed by atoms with Gasteiger partial charge in [-0.25, -0.2) is 4.98 Å². The van der Waals surface area contributed by atoms with E-state index in [9.17, 15) is 0 Å². The molecule has 1 atom stereocenters. The molecule has 1 N–H and O–H groups in total. The highest BCUT2D eigenvalue weighted by molar-refractivity contribution is 7.15. The molecule has 0 aromatic carbocycles. The van der Waals surface area contributed by atoms with Crippen molar-refractivity contribution in [2.45, 2.75) is 19.4 Å². The van der Waals surface area contributed by atoms with Crippen LogP contribution in [0.1, 0.15) is 17.7 Å². The van der Waals surface area contributed by atoms with Crippen LogP contribution in [0.4, 0.5) is 0 Å². The summed E-state index contributed by atoms with van der Waals surface area (Å²) in [5, 5.41) is 4.62. The molecule has 2 aromatic rings. The van der Waals surface area contributed by atoms with Crippen molar-refractivity contribution in [3.05, 3.63) is 35.6 Å². The lowest BCUT2D eigenvalue weighted by molar-refractivity contribution is 0.270. The number of nitrogens with one attached hydrogen (secondary N) is 1. The largest absolute Gasteiger partial charge is 0.316 e. The van der Waals surface area contributed by atoms with Crippen molar-refractivity contribution < 1.29 is 0 Å². The lowest BCUT2D eigenvalue weighted by atomic mass is 9.87. The highest BCUT2D eigenvalue weighted by atomic mass is 35.5. The number of pyridine rings is 1. The molecule has 2 saturated heterocycles. The van der Waals surface area contributed by atoms with Crippen LogP contribution in [-0.4, -0.2) is 41.0 Å². The van der Waals surface area contributed by atoms with Gasteiger partial charge in [-0.3, -0.25) is 9.88 Å². The van der Waals surface area contributed by atoms with Crippen LogP contribution in [0, 0.1) is 5.41 Å². The molecule has 0 bridgehead atoms. The van der Waals surface area contributed by atoms with E-state index in [2.05, 4.69) is 20.2 Å². The van der Waals surface area contributed by atoms with Crippen molar-refractivity contribution in [3.8, 4) is 10.6 Å². The smallest absolute Gasteiger partial charge is 0.123 e. The van der Waals surface area contributed by atoms with E-state index in [0.29, 0.717) is 5.41 Å². The Labute approximate surface area is 141 Å². The molecule has 118 valence electrons. The van der Waals surface area contributed by atoms with Crippen LogP contribution in [0.5, 0.6) is 0 Å². The van der Waals surface area contributed by atoms with Gasteiger partial charge < -0.3 is 5.32 Å². The van der Waals surface area contributed by atoms with Crippen LogP contribution >= 0.6 is 23.7 Å². The van der Waals surface area contributed by atoms with Crippen LogP contribution in [0.3, 0.4) is 0 Å². The second kappa shape index (κ2) is 6.62. The zero-order valence-corrected chi connectivity index (χ0v) is 14.1. The topological polar surface area (TPSA) is 41.1 Å². The molecule has 2 aliphatic rings. The molecule has 0 radical (unpaired) electrons. The van der Waals surface area contributed by atoms with Crippen LogP contribution in [-0.2, 0) is 6.54 Å². The van der Waals surface area contributed by atoms with E-state index in [1.807, 2.05) is 42.1 Å². The number of nitrogens with zero attached hydrogens (tertiary/aromatic N) is 3. The van der Waals surface area contributed by atoms with Gasteiger partial charge in [-0.15, -0.1) is 23.7 Å². The summed E-state index contributed by atoms with van der Waals surface area (Å²) < 4.78 is 0.